The number of nitrogens with one attached hydrogen (secondary N) is 1. The summed E-state index contributed by atoms with van der Waals surface area (Å²) in [4.78, 5) is 13.2. The molecule has 0 aliphatic carbocycles. The first-order chi connectivity index (χ1) is 10.4. The minimum Gasteiger partial charge on any atom is -0.351 e. The maximum Gasteiger partial charge on any atom is 0.251 e. The van der Waals surface area contributed by atoms with Crippen molar-refractivity contribution in [2.45, 2.75) is 25.7 Å². The molecule has 0 bridgehead atoms. The molecule has 1 aromatic rings. The van der Waals surface area contributed by atoms with Gasteiger partial charge in [0.2, 0.25) is 10.0 Å². The molecule has 7 heteroatoms. The fourth-order valence-electron chi connectivity index (χ4n) is 2.11. The first kappa shape index (κ1) is 19.0. The number of hydrogen-bond donors (Lipinski definition) is 1. The van der Waals surface area contributed by atoms with Crippen molar-refractivity contribution in [3.8, 4) is 0 Å². The topological polar surface area (TPSA) is 66.5 Å². The standard InChI is InChI=1S/C15H24N2O3S2/c1-5-17(6-2)22(19,20)10-9-16-15(18)14-11-13(21-4)8-7-12(14)3/h7-8,11H,5-6,9-10H2,1-4H3,(H,16,18). The minimum atomic E-state index is -3.31. The molecule has 1 rings (SSSR count). The predicted octanol–water partition coefficient (Wildman–Crippen LogP) is 2.12. The largest absolute Gasteiger partial charge is 0.351 e. The van der Waals surface area contributed by atoms with Crippen LogP contribution in [0, 0.1) is 6.92 Å². The third-order valence-electron chi connectivity index (χ3n) is 3.43. The molecule has 0 fully saturated rings. The van der Waals surface area contributed by atoms with Crippen molar-refractivity contribution >= 4 is 27.7 Å². The zero-order valence-electron chi connectivity index (χ0n) is 13.5. The number of sulfonamides is 1. The quantitative estimate of drug-likeness (QED) is 0.734. The highest BCUT2D eigenvalue weighted by Crippen LogP contribution is 2.19. The molecule has 0 atom stereocenters. The number of carbonyl (C=O) groups excluding carboxylic acids is 1. The molecule has 22 heavy (non-hydrogen) atoms. The van der Waals surface area contributed by atoms with Crippen molar-refractivity contribution in [3.63, 3.8) is 0 Å². The van der Waals surface area contributed by atoms with Gasteiger partial charge in [0.05, 0.1) is 5.75 Å². The van der Waals surface area contributed by atoms with Gasteiger partial charge < -0.3 is 5.32 Å². The third-order valence-corrected chi connectivity index (χ3v) is 6.18. The summed E-state index contributed by atoms with van der Waals surface area (Å²) in [6.45, 7) is 6.48. The van der Waals surface area contributed by atoms with E-state index >= 15 is 0 Å². The van der Waals surface area contributed by atoms with E-state index < -0.39 is 10.0 Å². The van der Waals surface area contributed by atoms with Crippen LogP contribution in [0.5, 0.6) is 0 Å². The molecule has 0 radical (unpaired) electrons. The second-order valence-corrected chi connectivity index (χ2v) is 7.81. The van der Waals surface area contributed by atoms with E-state index in [2.05, 4.69) is 5.32 Å². The van der Waals surface area contributed by atoms with E-state index in [0.29, 0.717) is 18.7 Å². The number of benzene rings is 1. The first-order valence-electron chi connectivity index (χ1n) is 7.26. The van der Waals surface area contributed by atoms with Gasteiger partial charge in [-0.1, -0.05) is 19.9 Å². The summed E-state index contributed by atoms with van der Waals surface area (Å²) in [6.07, 6.45) is 1.95. The second-order valence-electron chi connectivity index (χ2n) is 4.84. The third kappa shape index (κ3) is 5.00. The molecular weight excluding hydrogens is 320 g/mol. The van der Waals surface area contributed by atoms with Crippen molar-refractivity contribution in [2.75, 3.05) is 31.6 Å². The lowest BCUT2D eigenvalue weighted by Gasteiger charge is -2.18. The van der Waals surface area contributed by atoms with Crippen molar-refractivity contribution in [3.05, 3.63) is 29.3 Å². The fraction of sp³-hybridized carbons (Fsp3) is 0.533. The van der Waals surface area contributed by atoms with Gasteiger partial charge in [-0.3, -0.25) is 4.79 Å². The van der Waals surface area contributed by atoms with Gasteiger partial charge in [0.1, 0.15) is 0 Å². The Labute approximate surface area is 137 Å². The molecule has 0 unspecified atom stereocenters. The average Bonchev–Trinajstić information content (AvgIpc) is 2.48. The van der Waals surface area contributed by atoms with Crippen LogP contribution in [0.1, 0.15) is 29.8 Å². The summed E-state index contributed by atoms with van der Waals surface area (Å²) in [7, 11) is -3.31. The number of carbonyl (C=O) groups is 1. The van der Waals surface area contributed by atoms with Gasteiger partial charge in [0.25, 0.3) is 5.91 Å². The molecule has 0 aliphatic heterocycles. The Morgan fingerprint density at radius 1 is 1.27 bits per heavy atom. The van der Waals surface area contributed by atoms with Crippen LogP contribution in [0.4, 0.5) is 0 Å². The lowest BCUT2D eigenvalue weighted by atomic mass is 10.1. The Bertz CT molecular complexity index is 611. The monoisotopic (exact) mass is 344 g/mol. The fourth-order valence-corrected chi connectivity index (χ4v) is 3.95. The van der Waals surface area contributed by atoms with Crippen molar-refractivity contribution in [1.82, 2.24) is 9.62 Å². The second kappa shape index (κ2) is 8.55. The van der Waals surface area contributed by atoms with Gasteiger partial charge in [-0.05, 0) is 30.9 Å². The van der Waals surface area contributed by atoms with E-state index in [1.165, 1.54) is 4.31 Å². The molecular formula is C15H24N2O3S2. The molecule has 0 heterocycles. The van der Waals surface area contributed by atoms with Crippen LogP contribution in [-0.2, 0) is 10.0 Å². The molecule has 124 valence electrons. The Hall–Kier alpha value is -1.05. The molecule has 0 aromatic heterocycles. The minimum absolute atomic E-state index is 0.0817. The summed E-state index contributed by atoms with van der Waals surface area (Å²) in [5.74, 6) is -0.315. The molecule has 1 N–H and O–H groups in total. The number of amides is 1. The number of aryl methyl sites for hydroxylation is 1. The molecule has 0 spiro atoms. The number of thioether (sulfide) groups is 1. The summed E-state index contributed by atoms with van der Waals surface area (Å²) >= 11 is 1.56. The summed E-state index contributed by atoms with van der Waals surface area (Å²) in [6, 6.07) is 5.68. The molecule has 0 saturated carbocycles. The van der Waals surface area contributed by atoms with Crippen LogP contribution in [0.25, 0.3) is 0 Å². The van der Waals surface area contributed by atoms with Crippen LogP contribution in [0.2, 0.25) is 0 Å². The molecule has 5 nitrogen and oxygen atoms in total. The summed E-state index contributed by atoms with van der Waals surface area (Å²) in [5, 5.41) is 2.70. The van der Waals surface area contributed by atoms with Gasteiger partial charge in [-0.2, -0.15) is 0 Å². The van der Waals surface area contributed by atoms with E-state index in [4.69, 9.17) is 0 Å². The molecule has 0 aliphatic rings. The average molecular weight is 345 g/mol. The van der Waals surface area contributed by atoms with Gasteiger partial charge >= 0.3 is 0 Å². The van der Waals surface area contributed by atoms with Gasteiger partial charge in [0, 0.05) is 30.1 Å². The van der Waals surface area contributed by atoms with E-state index in [-0.39, 0.29) is 18.2 Å². The summed E-state index contributed by atoms with van der Waals surface area (Å²) < 4.78 is 25.5. The number of hydrogen-bond acceptors (Lipinski definition) is 4. The number of rotatable bonds is 8. The zero-order valence-corrected chi connectivity index (χ0v) is 15.2. The van der Waals surface area contributed by atoms with Crippen molar-refractivity contribution in [1.29, 1.82) is 0 Å². The van der Waals surface area contributed by atoms with Crippen LogP contribution >= 0.6 is 11.8 Å². The van der Waals surface area contributed by atoms with E-state index in [1.54, 1.807) is 25.6 Å². The predicted molar refractivity (Wildman–Crippen MR) is 92.0 cm³/mol. The number of nitrogens with zero attached hydrogens (tertiary/aromatic N) is 1. The van der Waals surface area contributed by atoms with Gasteiger partial charge in [0.15, 0.2) is 0 Å². The van der Waals surface area contributed by atoms with Crippen LogP contribution < -0.4 is 5.32 Å². The lowest BCUT2D eigenvalue weighted by Crippen LogP contribution is -2.37. The van der Waals surface area contributed by atoms with E-state index in [9.17, 15) is 13.2 Å². The van der Waals surface area contributed by atoms with Gasteiger partial charge in [-0.25, -0.2) is 12.7 Å². The first-order valence-corrected chi connectivity index (χ1v) is 10.1. The van der Waals surface area contributed by atoms with Crippen LogP contribution in [0.15, 0.2) is 23.1 Å². The Morgan fingerprint density at radius 2 is 1.91 bits per heavy atom. The summed E-state index contributed by atoms with van der Waals surface area (Å²) in [5.41, 5.74) is 1.47. The smallest absolute Gasteiger partial charge is 0.251 e. The molecule has 1 aromatic carbocycles. The van der Waals surface area contributed by atoms with Crippen molar-refractivity contribution < 1.29 is 13.2 Å². The molecule has 1 amide bonds. The SMILES string of the molecule is CCN(CC)S(=O)(=O)CCNC(=O)c1cc(SC)ccc1C. The van der Waals surface area contributed by atoms with Gasteiger partial charge in [-0.15, -0.1) is 11.8 Å². The Balaban J connectivity index is 2.68. The highest BCUT2D eigenvalue weighted by Gasteiger charge is 2.19. The lowest BCUT2D eigenvalue weighted by molar-refractivity contribution is 0.0955. The highest BCUT2D eigenvalue weighted by molar-refractivity contribution is 7.98. The Morgan fingerprint density at radius 3 is 2.45 bits per heavy atom. The highest BCUT2D eigenvalue weighted by atomic mass is 32.2. The van der Waals surface area contributed by atoms with Crippen LogP contribution in [0.3, 0.4) is 0 Å². The maximum absolute atomic E-state index is 12.2. The van der Waals surface area contributed by atoms with E-state index in [0.717, 1.165) is 10.5 Å². The Kier molecular flexibility index (Phi) is 7.38. The van der Waals surface area contributed by atoms with Crippen molar-refractivity contribution in [2.24, 2.45) is 0 Å². The zero-order chi connectivity index (χ0) is 16.8. The van der Waals surface area contributed by atoms with E-state index in [1.807, 2.05) is 31.4 Å². The van der Waals surface area contributed by atoms with Crippen LogP contribution in [-0.4, -0.2) is 50.3 Å². The molecule has 0 saturated heterocycles. The normalized spacial score (nSPS) is 11.7. The maximum atomic E-state index is 12.2.